The van der Waals surface area contributed by atoms with Gasteiger partial charge in [-0.15, -0.1) is 0 Å². The Balaban J connectivity index is 2.05. The third kappa shape index (κ3) is 2.19. The van der Waals surface area contributed by atoms with E-state index in [1.165, 1.54) is 6.33 Å². The van der Waals surface area contributed by atoms with Gasteiger partial charge in [0.2, 0.25) is 0 Å². The third-order valence-electron chi connectivity index (χ3n) is 3.10. The Kier molecular flexibility index (Phi) is 3.26. The lowest BCUT2D eigenvalue weighted by atomic mass is 10.0. The lowest BCUT2D eigenvalue weighted by Gasteiger charge is -2.14. The van der Waals surface area contributed by atoms with Crippen molar-refractivity contribution in [1.82, 2.24) is 15.0 Å². The minimum Gasteiger partial charge on any atom is -0.496 e. The van der Waals surface area contributed by atoms with Crippen LogP contribution in [-0.2, 0) is 0 Å². The number of ether oxygens (including phenoxy) is 1. The zero-order valence-electron chi connectivity index (χ0n) is 10.9. The average Bonchev–Trinajstić information content (AvgIpc) is 2.53. The maximum absolute atomic E-state index is 10.5. The Hall–Kier alpha value is -2.53. The highest BCUT2D eigenvalue weighted by molar-refractivity contribution is 5.73. The number of para-hydroxylation sites is 1. The van der Waals surface area contributed by atoms with Crippen molar-refractivity contribution in [2.45, 2.75) is 6.10 Å². The van der Waals surface area contributed by atoms with E-state index in [1.54, 1.807) is 19.4 Å². The van der Waals surface area contributed by atoms with Crippen molar-refractivity contribution in [1.29, 1.82) is 0 Å². The number of hydrogen-bond donors (Lipinski definition) is 1. The second kappa shape index (κ2) is 5.22. The normalized spacial score (nSPS) is 12.3. The molecule has 1 unspecified atom stereocenters. The molecule has 0 aliphatic rings. The molecule has 5 heteroatoms. The number of nitrogens with zero attached hydrogens (tertiary/aromatic N) is 3. The quantitative estimate of drug-likeness (QED) is 0.787. The number of methoxy groups -OCH3 is 1. The lowest BCUT2D eigenvalue weighted by Crippen LogP contribution is -2.05. The molecule has 0 spiro atoms. The summed E-state index contributed by atoms with van der Waals surface area (Å²) in [5.74, 6) is 0.629. The molecule has 3 rings (SSSR count). The molecule has 100 valence electrons. The summed E-state index contributed by atoms with van der Waals surface area (Å²) in [7, 11) is 1.58. The van der Waals surface area contributed by atoms with Gasteiger partial charge in [-0.05, 0) is 18.2 Å². The molecule has 0 saturated carbocycles. The first-order valence-corrected chi connectivity index (χ1v) is 6.17. The Morgan fingerprint density at radius 3 is 2.85 bits per heavy atom. The molecule has 0 aliphatic heterocycles. The highest BCUT2D eigenvalue weighted by Gasteiger charge is 2.16. The number of hydrogen-bond acceptors (Lipinski definition) is 5. The molecule has 2 aromatic heterocycles. The molecular weight excluding hydrogens is 254 g/mol. The minimum atomic E-state index is -0.856. The highest BCUT2D eigenvalue weighted by atomic mass is 16.5. The fraction of sp³-hybridized carbons (Fsp3) is 0.133. The molecule has 0 aliphatic carbocycles. The summed E-state index contributed by atoms with van der Waals surface area (Å²) in [5, 5.41) is 11.3. The maximum Gasteiger partial charge on any atom is 0.162 e. The number of aliphatic hydroxyl groups is 1. The summed E-state index contributed by atoms with van der Waals surface area (Å²) < 4.78 is 5.26. The van der Waals surface area contributed by atoms with Crippen LogP contribution in [-0.4, -0.2) is 27.2 Å². The molecule has 2 heterocycles. The second-order valence-electron chi connectivity index (χ2n) is 4.32. The zero-order chi connectivity index (χ0) is 13.9. The van der Waals surface area contributed by atoms with E-state index in [2.05, 4.69) is 15.0 Å². The van der Waals surface area contributed by atoms with Crippen LogP contribution < -0.4 is 4.74 Å². The van der Waals surface area contributed by atoms with Gasteiger partial charge in [0.15, 0.2) is 5.65 Å². The molecule has 3 aromatic rings. The van der Waals surface area contributed by atoms with Crippen LogP contribution in [0.15, 0.2) is 48.9 Å². The van der Waals surface area contributed by atoms with E-state index in [1.807, 2.05) is 30.3 Å². The molecule has 5 nitrogen and oxygen atoms in total. The van der Waals surface area contributed by atoms with Gasteiger partial charge in [-0.1, -0.05) is 18.2 Å². The van der Waals surface area contributed by atoms with Gasteiger partial charge in [-0.3, -0.25) is 0 Å². The van der Waals surface area contributed by atoms with Gasteiger partial charge in [0.1, 0.15) is 18.2 Å². The van der Waals surface area contributed by atoms with Crippen molar-refractivity contribution in [2.75, 3.05) is 7.11 Å². The summed E-state index contributed by atoms with van der Waals surface area (Å²) in [5.41, 5.74) is 1.77. The first-order chi connectivity index (χ1) is 9.79. The van der Waals surface area contributed by atoms with Crippen molar-refractivity contribution in [3.8, 4) is 5.75 Å². The smallest absolute Gasteiger partial charge is 0.162 e. The van der Waals surface area contributed by atoms with Gasteiger partial charge in [0, 0.05) is 17.1 Å². The third-order valence-corrected chi connectivity index (χ3v) is 3.10. The number of aliphatic hydroxyl groups excluding tert-OH is 1. The van der Waals surface area contributed by atoms with Crippen LogP contribution in [0.2, 0.25) is 0 Å². The number of benzene rings is 1. The van der Waals surface area contributed by atoms with Crippen LogP contribution >= 0.6 is 0 Å². The molecule has 1 N–H and O–H groups in total. The van der Waals surface area contributed by atoms with Crippen LogP contribution in [0.3, 0.4) is 0 Å². The summed E-state index contributed by atoms with van der Waals surface area (Å²) >= 11 is 0. The summed E-state index contributed by atoms with van der Waals surface area (Å²) in [6, 6.07) is 10.9. The van der Waals surface area contributed by atoms with Gasteiger partial charge in [-0.25, -0.2) is 15.0 Å². The molecule has 0 radical (unpaired) electrons. The SMILES string of the molecule is COc1ccccc1C(O)c1ccc2cncnc2n1. The molecule has 0 fully saturated rings. The fourth-order valence-electron chi connectivity index (χ4n) is 2.08. The lowest BCUT2D eigenvalue weighted by molar-refractivity contribution is 0.210. The number of aromatic nitrogens is 3. The predicted molar refractivity (Wildman–Crippen MR) is 74.4 cm³/mol. The largest absolute Gasteiger partial charge is 0.496 e. The van der Waals surface area contributed by atoms with Crippen LogP contribution in [0, 0.1) is 0 Å². The van der Waals surface area contributed by atoms with Gasteiger partial charge in [0.05, 0.1) is 12.8 Å². The number of pyridine rings is 1. The Morgan fingerprint density at radius 1 is 1.15 bits per heavy atom. The maximum atomic E-state index is 10.5. The molecule has 0 saturated heterocycles. The van der Waals surface area contributed by atoms with Gasteiger partial charge in [0.25, 0.3) is 0 Å². The first-order valence-electron chi connectivity index (χ1n) is 6.17. The first kappa shape index (κ1) is 12.5. The van der Waals surface area contributed by atoms with Crippen LogP contribution in [0.4, 0.5) is 0 Å². The van der Waals surface area contributed by atoms with Crippen molar-refractivity contribution < 1.29 is 9.84 Å². The van der Waals surface area contributed by atoms with E-state index >= 15 is 0 Å². The summed E-state index contributed by atoms with van der Waals surface area (Å²) in [6.45, 7) is 0. The van der Waals surface area contributed by atoms with E-state index in [0.717, 1.165) is 5.39 Å². The molecule has 1 atom stereocenters. The van der Waals surface area contributed by atoms with Crippen LogP contribution in [0.5, 0.6) is 5.75 Å². The zero-order valence-corrected chi connectivity index (χ0v) is 10.9. The van der Waals surface area contributed by atoms with Crippen molar-refractivity contribution in [3.63, 3.8) is 0 Å². The highest BCUT2D eigenvalue weighted by Crippen LogP contribution is 2.29. The molecule has 20 heavy (non-hydrogen) atoms. The molecule has 0 bridgehead atoms. The van der Waals surface area contributed by atoms with E-state index in [-0.39, 0.29) is 0 Å². The van der Waals surface area contributed by atoms with E-state index in [4.69, 9.17) is 4.74 Å². The fourth-order valence-corrected chi connectivity index (χ4v) is 2.08. The average molecular weight is 267 g/mol. The van der Waals surface area contributed by atoms with E-state index < -0.39 is 6.10 Å². The predicted octanol–water partition coefficient (Wildman–Crippen LogP) is 2.12. The van der Waals surface area contributed by atoms with E-state index in [0.29, 0.717) is 22.7 Å². The van der Waals surface area contributed by atoms with Crippen molar-refractivity contribution in [2.24, 2.45) is 0 Å². The Labute approximate surface area is 115 Å². The Morgan fingerprint density at radius 2 is 2.00 bits per heavy atom. The molecule has 0 amide bonds. The van der Waals surface area contributed by atoms with E-state index in [9.17, 15) is 5.11 Å². The monoisotopic (exact) mass is 267 g/mol. The van der Waals surface area contributed by atoms with Crippen molar-refractivity contribution in [3.05, 3.63) is 60.2 Å². The van der Waals surface area contributed by atoms with Gasteiger partial charge in [-0.2, -0.15) is 0 Å². The van der Waals surface area contributed by atoms with Gasteiger partial charge >= 0.3 is 0 Å². The topological polar surface area (TPSA) is 68.1 Å². The molecule has 1 aromatic carbocycles. The Bertz CT molecular complexity index is 746. The summed E-state index contributed by atoms with van der Waals surface area (Å²) in [4.78, 5) is 12.4. The van der Waals surface area contributed by atoms with Gasteiger partial charge < -0.3 is 9.84 Å². The van der Waals surface area contributed by atoms with Crippen LogP contribution in [0.1, 0.15) is 17.4 Å². The van der Waals surface area contributed by atoms with Crippen LogP contribution in [0.25, 0.3) is 11.0 Å². The second-order valence-corrected chi connectivity index (χ2v) is 4.32. The van der Waals surface area contributed by atoms with Crippen molar-refractivity contribution >= 4 is 11.0 Å². The standard InChI is InChI=1S/C15H13N3O2/c1-20-13-5-3-2-4-11(13)14(19)12-7-6-10-8-16-9-17-15(10)18-12/h2-9,14,19H,1H3. The molecular formula is C15H13N3O2. The minimum absolute atomic E-state index is 0.528. The summed E-state index contributed by atoms with van der Waals surface area (Å²) in [6.07, 6.45) is 2.27. The number of fused-ring (bicyclic) bond motifs is 1. The number of rotatable bonds is 3.